The van der Waals surface area contributed by atoms with Gasteiger partial charge in [0, 0.05) is 18.4 Å². The van der Waals surface area contributed by atoms with Gasteiger partial charge in [-0.15, -0.1) is 0 Å². The molecule has 0 radical (unpaired) electrons. The van der Waals surface area contributed by atoms with E-state index in [9.17, 15) is 0 Å². The van der Waals surface area contributed by atoms with Gasteiger partial charge in [-0.2, -0.15) is 0 Å². The molecule has 0 amide bonds. The maximum atomic E-state index is 5.50. The summed E-state index contributed by atoms with van der Waals surface area (Å²) in [5.74, 6) is 0.603. The SMILES string of the molecule is CC.Cc1cc(C(C)C)n(CCCN)c1. The molecular weight excluding hydrogens is 184 g/mol. The quantitative estimate of drug-likeness (QED) is 0.812. The number of nitrogens with zero attached hydrogens (tertiary/aromatic N) is 1. The number of hydrogen-bond donors (Lipinski definition) is 1. The molecule has 1 aromatic rings. The van der Waals surface area contributed by atoms with Crippen molar-refractivity contribution in [3.8, 4) is 0 Å². The van der Waals surface area contributed by atoms with Crippen molar-refractivity contribution in [2.75, 3.05) is 6.54 Å². The van der Waals surface area contributed by atoms with Crippen LogP contribution in [0.25, 0.3) is 0 Å². The van der Waals surface area contributed by atoms with Gasteiger partial charge >= 0.3 is 0 Å². The highest BCUT2D eigenvalue weighted by Gasteiger charge is 2.06. The van der Waals surface area contributed by atoms with Gasteiger partial charge in [0.05, 0.1) is 0 Å². The lowest BCUT2D eigenvalue weighted by atomic mass is 10.1. The van der Waals surface area contributed by atoms with Crippen LogP contribution in [0.3, 0.4) is 0 Å². The highest BCUT2D eigenvalue weighted by Crippen LogP contribution is 2.17. The van der Waals surface area contributed by atoms with Gasteiger partial charge in [-0.3, -0.25) is 0 Å². The predicted octanol–water partition coefficient (Wildman–Crippen LogP) is 3.29. The van der Waals surface area contributed by atoms with Gasteiger partial charge in [-0.05, 0) is 37.4 Å². The average molecular weight is 210 g/mol. The van der Waals surface area contributed by atoms with Gasteiger partial charge in [-0.1, -0.05) is 27.7 Å². The zero-order chi connectivity index (χ0) is 11.8. The Morgan fingerprint density at radius 1 is 1.33 bits per heavy atom. The highest BCUT2D eigenvalue weighted by atomic mass is 15.0. The van der Waals surface area contributed by atoms with Crippen LogP contribution in [0, 0.1) is 6.92 Å². The molecule has 0 unspecified atom stereocenters. The molecule has 0 fully saturated rings. The Hall–Kier alpha value is -0.760. The van der Waals surface area contributed by atoms with Crippen LogP contribution in [0.15, 0.2) is 12.3 Å². The first kappa shape index (κ1) is 14.2. The second-order valence-corrected chi connectivity index (χ2v) is 3.93. The second-order valence-electron chi connectivity index (χ2n) is 3.93. The van der Waals surface area contributed by atoms with Gasteiger partial charge in [-0.25, -0.2) is 0 Å². The van der Waals surface area contributed by atoms with Crippen LogP contribution in [0.2, 0.25) is 0 Å². The van der Waals surface area contributed by atoms with E-state index in [0.717, 1.165) is 19.5 Å². The van der Waals surface area contributed by atoms with E-state index in [2.05, 4.69) is 37.6 Å². The molecule has 2 heteroatoms. The number of aryl methyl sites for hydroxylation is 2. The van der Waals surface area contributed by atoms with E-state index in [0.29, 0.717) is 5.92 Å². The molecule has 0 bridgehead atoms. The van der Waals surface area contributed by atoms with Gasteiger partial charge in [0.15, 0.2) is 0 Å². The highest BCUT2D eigenvalue weighted by molar-refractivity contribution is 5.19. The number of hydrogen-bond acceptors (Lipinski definition) is 1. The molecule has 0 aliphatic carbocycles. The molecule has 1 aromatic heterocycles. The molecular formula is C13H26N2. The Morgan fingerprint density at radius 3 is 2.40 bits per heavy atom. The van der Waals surface area contributed by atoms with Crippen LogP contribution in [0.1, 0.15) is 51.3 Å². The monoisotopic (exact) mass is 210 g/mol. The zero-order valence-corrected chi connectivity index (χ0v) is 10.9. The minimum atomic E-state index is 0.603. The first-order valence-corrected chi connectivity index (χ1v) is 6.02. The van der Waals surface area contributed by atoms with Crippen LogP contribution in [0.5, 0.6) is 0 Å². The lowest BCUT2D eigenvalue weighted by molar-refractivity contribution is 0.606. The maximum Gasteiger partial charge on any atom is 0.0234 e. The van der Waals surface area contributed by atoms with Crippen LogP contribution in [-0.4, -0.2) is 11.1 Å². The lowest BCUT2D eigenvalue weighted by Crippen LogP contribution is -2.08. The fourth-order valence-electron chi connectivity index (χ4n) is 1.63. The first-order valence-electron chi connectivity index (χ1n) is 6.02. The van der Waals surface area contributed by atoms with Crippen LogP contribution in [0.4, 0.5) is 0 Å². The summed E-state index contributed by atoms with van der Waals surface area (Å²) in [6.07, 6.45) is 3.28. The summed E-state index contributed by atoms with van der Waals surface area (Å²) in [5.41, 5.74) is 8.27. The molecule has 0 saturated carbocycles. The summed E-state index contributed by atoms with van der Waals surface area (Å²) in [6.45, 7) is 12.4. The van der Waals surface area contributed by atoms with E-state index in [1.807, 2.05) is 13.8 Å². The van der Waals surface area contributed by atoms with Crippen LogP contribution < -0.4 is 5.73 Å². The van der Waals surface area contributed by atoms with E-state index in [1.165, 1.54) is 11.3 Å². The van der Waals surface area contributed by atoms with E-state index in [4.69, 9.17) is 5.73 Å². The summed E-state index contributed by atoms with van der Waals surface area (Å²) in [5, 5.41) is 0. The number of aromatic nitrogens is 1. The molecule has 0 atom stereocenters. The molecule has 0 spiro atoms. The fourth-order valence-corrected chi connectivity index (χ4v) is 1.63. The molecule has 2 N–H and O–H groups in total. The van der Waals surface area contributed by atoms with E-state index in [-0.39, 0.29) is 0 Å². The molecule has 2 nitrogen and oxygen atoms in total. The Labute approximate surface area is 94.5 Å². The van der Waals surface area contributed by atoms with Crippen molar-refractivity contribution < 1.29 is 0 Å². The van der Waals surface area contributed by atoms with Crippen molar-refractivity contribution in [3.05, 3.63) is 23.5 Å². The molecule has 88 valence electrons. The van der Waals surface area contributed by atoms with Crippen molar-refractivity contribution in [1.29, 1.82) is 0 Å². The summed E-state index contributed by atoms with van der Waals surface area (Å²) in [7, 11) is 0. The largest absolute Gasteiger partial charge is 0.351 e. The normalized spacial score (nSPS) is 10.1. The summed E-state index contributed by atoms with van der Waals surface area (Å²) in [4.78, 5) is 0. The van der Waals surface area contributed by atoms with Crippen LogP contribution in [-0.2, 0) is 6.54 Å². The number of nitrogens with two attached hydrogens (primary N) is 1. The lowest BCUT2D eigenvalue weighted by Gasteiger charge is -2.10. The van der Waals surface area contributed by atoms with Gasteiger partial charge in [0.2, 0.25) is 0 Å². The van der Waals surface area contributed by atoms with Crippen molar-refractivity contribution >= 4 is 0 Å². The van der Waals surface area contributed by atoms with E-state index in [1.54, 1.807) is 0 Å². The predicted molar refractivity (Wildman–Crippen MR) is 68.3 cm³/mol. The Balaban J connectivity index is 0.000000921. The smallest absolute Gasteiger partial charge is 0.0234 e. The summed E-state index contributed by atoms with van der Waals surface area (Å²) >= 11 is 0. The Bertz CT molecular complexity index is 261. The molecule has 1 rings (SSSR count). The number of rotatable bonds is 4. The van der Waals surface area contributed by atoms with Gasteiger partial charge < -0.3 is 10.3 Å². The summed E-state index contributed by atoms with van der Waals surface area (Å²) in [6, 6.07) is 2.27. The standard InChI is InChI=1S/C11H20N2.C2H6/c1-9(2)11-7-10(3)8-13(11)6-4-5-12;1-2/h7-9H,4-6,12H2,1-3H3;1-2H3. The summed E-state index contributed by atoms with van der Waals surface area (Å²) < 4.78 is 2.33. The average Bonchev–Trinajstić information content (AvgIpc) is 2.60. The van der Waals surface area contributed by atoms with Gasteiger partial charge in [0.1, 0.15) is 0 Å². The van der Waals surface area contributed by atoms with Gasteiger partial charge in [0.25, 0.3) is 0 Å². The third kappa shape index (κ3) is 4.52. The molecule has 15 heavy (non-hydrogen) atoms. The minimum Gasteiger partial charge on any atom is -0.351 e. The zero-order valence-electron chi connectivity index (χ0n) is 10.9. The van der Waals surface area contributed by atoms with Crippen molar-refractivity contribution in [2.45, 2.75) is 53.5 Å². The third-order valence-corrected chi connectivity index (χ3v) is 2.26. The molecule has 0 aliphatic rings. The Morgan fingerprint density at radius 2 is 1.93 bits per heavy atom. The van der Waals surface area contributed by atoms with E-state index >= 15 is 0 Å². The maximum absolute atomic E-state index is 5.50. The van der Waals surface area contributed by atoms with Crippen molar-refractivity contribution in [2.24, 2.45) is 5.73 Å². The van der Waals surface area contributed by atoms with Crippen molar-refractivity contribution in [1.82, 2.24) is 4.57 Å². The topological polar surface area (TPSA) is 30.9 Å². The Kier molecular flexibility index (Phi) is 7.14. The fraction of sp³-hybridized carbons (Fsp3) is 0.692. The molecule has 0 aromatic carbocycles. The van der Waals surface area contributed by atoms with Crippen molar-refractivity contribution in [3.63, 3.8) is 0 Å². The molecule has 0 aliphatic heterocycles. The van der Waals surface area contributed by atoms with E-state index < -0.39 is 0 Å². The molecule has 0 saturated heterocycles. The first-order chi connectivity index (χ1) is 7.15. The second kappa shape index (κ2) is 7.52. The third-order valence-electron chi connectivity index (χ3n) is 2.26. The van der Waals surface area contributed by atoms with Crippen LogP contribution >= 0.6 is 0 Å². The minimum absolute atomic E-state index is 0.603. The molecule has 1 heterocycles.